The maximum atomic E-state index is 13.4. The van der Waals surface area contributed by atoms with Gasteiger partial charge in [-0.15, -0.1) is 0 Å². The van der Waals surface area contributed by atoms with Crippen LogP contribution in [0.15, 0.2) is 22.7 Å². The van der Waals surface area contributed by atoms with E-state index in [0.717, 1.165) is 11.0 Å². The molecule has 0 saturated carbocycles. The van der Waals surface area contributed by atoms with Gasteiger partial charge in [-0.3, -0.25) is 0 Å². The molecule has 0 radical (unpaired) electrons. The Morgan fingerprint density at radius 1 is 1.21 bits per heavy atom. The molecule has 0 unspecified atom stereocenters. The molecule has 0 atom stereocenters. The number of alkyl halides is 5. The van der Waals surface area contributed by atoms with E-state index < -0.39 is 24.2 Å². The smallest absolute Gasteiger partial charge is 0.364 e. The Labute approximate surface area is 115 Å². The maximum absolute atomic E-state index is 13.4. The van der Waals surface area contributed by atoms with Crippen LogP contribution in [-0.2, 0) is 6.18 Å². The standard InChI is InChI=1S/C12H11BrF5N/c13-9-4-1-3-8(12(16,17)18)10(9)19-6-2-5-11(14,15)7-19/h1,3-4H,2,5-7H2. The highest BCUT2D eigenvalue weighted by atomic mass is 79.9. The maximum Gasteiger partial charge on any atom is 0.418 e. The largest absolute Gasteiger partial charge is 0.418 e. The summed E-state index contributed by atoms with van der Waals surface area (Å²) in [4.78, 5) is 1.11. The first-order chi connectivity index (χ1) is 8.71. The predicted octanol–water partition coefficient (Wildman–Crippen LogP) is 4.70. The van der Waals surface area contributed by atoms with Gasteiger partial charge in [0.1, 0.15) is 0 Å². The van der Waals surface area contributed by atoms with Crippen molar-refractivity contribution in [3.63, 3.8) is 0 Å². The van der Waals surface area contributed by atoms with Crippen molar-refractivity contribution < 1.29 is 22.0 Å². The number of rotatable bonds is 1. The first-order valence-electron chi connectivity index (χ1n) is 5.69. The van der Waals surface area contributed by atoms with Gasteiger partial charge in [-0.05, 0) is 34.5 Å². The minimum atomic E-state index is -4.56. The highest BCUT2D eigenvalue weighted by Gasteiger charge is 2.40. The van der Waals surface area contributed by atoms with Crippen molar-refractivity contribution >= 4 is 21.6 Å². The zero-order chi connectivity index (χ0) is 14.3. The lowest BCUT2D eigenvalue weighted by Gasteiger charge is -2.36. The van der Waals surface area contributed by atoms with Gasteiger partial charge in [0.05, 0.1) is 17.8 Å². The summed E-state index contributed by atoms with van der Waals surface area (Å²) in [7, 11) is 0. The van der Waals surface area contributed by atoms with Gasteiger partial charge in [-0.1, -0.05) is 6.07 Å². The molecule has 0 amide bonds. The molecule has 1 nitrogen and oxygen atoms in total. The van der Waals surface area contributed by atoms with Crippen molar-refractivity contribution in [2.45, 2.75) is 24.9 Å². The van der Waals surface area contributed by atoms with Gasteiger partial charge >= 0.3 is 6.18 Å². The molecule has 1 aliphatic heterocycles. The second-order valence-electron chi connectivity index (χ2n) is 4.51. The average Bonchev–Trinajstić information content (AvgIpc) is 2.26. The van der Waals surface area contributed by atoms with Gasteiger partial charge in [0.15, 0.2) is 0 Å². The molecule has 0 aromatic heterocycles. The second-order valence-corrected chi connectivity index (χ2v) is 5.37. The van der Waals surface area contributed by atoms with Gasteiger partial charge in [0, 0.05) is 17.4 Å². The summed E-state index contributed by atoms with van der Waals surface area (Å²) >= 11 is 3.03. The van der Waals surface area contributed by atoms with Crippen molar-refractivity contribution in [1.29, 1.82) is 0 Å². The number of para-hydroxylation sites is 1. The van der Waals surface area contributed by atoms with Crippen LogP contribution in [0.25, 0.3) is 0 Å². The van der Waals surface area contributed by atoms with E-state index in [1.165, 1.54) is 12.1 Å². The molecule has 0 aliphatic carbocycles. The highest BCUT2D eigenvalue weighted by molar-refractivity contribution is 9.10. The molecular formula is C12H11BrF5N. The molecule has 2 rings (SSSR count). The fourth-order valence-corrected chi connectivity index (χ4v) is 2.84. The average molecular weight is 344 g/mol. The molecule has 1 aliphatic rings. The minimum absolute atomic E-state index is 0.172. The Morgan fingerprint density at radius 3 is 2.47 bits per heavy atom. The molecule has 1 fully saturated rings. The lowest BCUT2D eigenvalue weighted by atomic mass is 10.0. The zero-order valence-electron chi connectivity index (χ0n) is 9.78. The summed E-state index contributed by atoms with van der Waals surface area (Å²) in [6, 6.07) is 3.59. The van der Waals surface area contributed by atoms with Gasteiger partial charge < -0.3 is 4.90 Å². The Kier molecular flexibility index (Phi) is 3.77. The summed E-state index contributed by atoms with van der Waals surface area (Å²) in [5.41, 5.74) is -1.09. The second kappa shape index (κ2) is 4.92. The van der Waals surface area contributed by atoms with Crippen LogP contribution in [0, 0.1) is 0 Å². The summed E-state index contributed by atoms with van der Waals surface area (Å²) in [6.45, 7) is -0.486. The fourth-order valence-electron chi connectivity index (χ4n) is 2.22. The van der Waals surface area contributed by atoms with E-state index in [1.807, 2.05) is 0 Å². The first-order valence-corrected chi connectivity index (χ1v) is 6.48. The molecule has 1 aromatic carbocycles. The lowest BCUT2D eigenvalue weighted by Crippen LogP contribution is -2.43. The molecule has 1 heterocycles. The van der Waals surface area contributed by atoms with Gasteiger partial charge in [-0.25, -0.2) is 8.78 Å². The van der Waals surface area contributed by atoms with Crippen LogP contribution in [0.5, 0.6) is 0 Å². The van der Waals surface area contributed by atoms with Gasteiger partial charge in [0.25, 0.3) is 5.92 Å². The zero-order valence-corrected chi connectivity index (χ0v) is 11.4. The van der Waals surface area contributed by atoms with Crippen LogP contribution in [0.4, 0.5) is 27.6 Å². The Balaban J connectivity index is 2.44. The van der Waals surface area contributed by atoms with Crippen LogP contribution < -0.4 is 4.90 Å². The van der Waals surface area contributed by atoms with Crippen LogP contribution in [0.1, 0.15) is 18.4 Å². The van der Waals surface area contributed by atoms with Crippen molar-refractivity contribution in [3.8, 4) is 0 Å². The van der Waals surface area contributed by atoms with Crippen molar-refractivity contribution in [1.82, 2.24) is 0 Å². The quantitative estimate of drug-likeness (QED) is 0.668. The van der Waals surface area contributed by atoms with E-state index in [2.05, 4.69) is 15.9 Å². The van der Waals surface area contributed by atoms with Gasteiger partial charge in [0.2, 0.25) is 0 Å². The topological polar surface area (TPSA) is 3.24 Å². The van der Waals surface area contributed by atoms with Gasteiger partial charge in [-0.2, -0.15) is 13.2 Å². The number of piperidine rings is 1. The van der Waals surface area contributed by atoms with Crippen molar-refractivity contribution in [2.75, 3.05) is 18.0 Å². The summed E-state index contributed by atoms with van der Waals surface area (Å²) in [5.74, 6) is -2.95. The number of benzene rings is 1. The number of hydrogen-bond acceptors (Lipinski definition) is 1. The van der Waals surface area contributed by atoms with E-state index in [0.29, 0.717) is 0 Å². The number of halogens is 6. The van der Waals surface area contributed by atoms with Crippen molar-refractivity contribution in [2.24, 2.45) is 0 Å². The molecule has 106 valence electrons. The Morgan fingerprint density at radius 2 is 1.89 bits per heavy atom. The van der Waals surface area contributed by atoms with E-state index >= 15 is 0 Å². The third-order valence-corrected chi connectivity index (χ3v) is 3.64. The van der Waals surface area contributed by atoms with Crippen molar-refractivity contribution in [3.05, 3.63) is 28.2 Å². The molecule has 1 saturated heterocycles. The third kappa shape index (κ3) is 3.19. The molecule has 0 bridgehead atoms. The molecule has 7 heteroatoms. The van der Waals surface area contributed by atoms with E-state index in [1.54, 1.807) is 0 Å². The molecule has 0 N–H and O–H groups in total. The van der Waals surface area contributed by atoms with E-state index in [9.17, 15) is 22.0 Å². The highest BCUT2D eigenvalue weighted by Crippen LogP contribution is 2.42. The molecule has 0 spiro atoms. The molecule has 19 heavy (non-hydrogen) atoms. The summed E-state index contributed by atoms with van der Waals surface area (Å²) in [5, 5.41) is 0. The number of hydrogen-bond donors (Lipinski definition) is 0. The Bertz CT molecular complexity index is 472. The normalized spacial score (nSPS) is 19.6. The van der Waals surface area contributed by atoms with Crippen LogP contribution in [0.2, 0.25) is 0 Å². The number of anilines is 1. The molecular weight excluding hydrogens is 333 g/mol. The van der Waals surface area contributed by atoms with Crippen LogP contribution >= 0.6 is 15.9 Å². The third-order valence-electron chi connectivity index (χ3n) is 3.00. The SMILES string of the molecule is FC1(F)CCCN(c2c(Br)cccc2C(F)(F)F)C1. The van der Waals surface area contributed by atoms with E-state index in [-0.39, 0.29) is 29.5 Å². The monoisotopic (exact) mass is 343 g/mol. The fraction of sp³-hybridized carbons (Fsp3) is 0.500. The minimum Gasteiger partial charge on any atom is -0.364 e. The summed E-state index contributed by atoms with van der Waals surface area (Å²) in [6.07, 6.45) is -4.67. The van der Waals surface area contributed by atoms with E-state index in [4.69, 9.17) is 0 Å². The Hall–Kier alpha value is -0.850. The van der Waals surface area contributed by atoms with Crippen LogP contribution in [-0.4, -0.2) is 19.0 Å². The first kappa shape index (κ1) is 14.6. The lowest BCUT2D eigenvalue weighted by molar-refractivity contribution is -0.137. The summed E-state index contributed by atoms with van der Waals surface area (Å²) < 4.78 is 65.7. The van der Waals surface area contributed by atoms with Crippen LogP contribution in [0.3, 0.4) is 0 Å². The predicted molar refractivity (Wildman–Crippen MR) is 65.5 cm³/mol. The number of nitrogens with zero attached hydrogens (tertiary/aromatic N) is 1. The molecule has 1 aromatic rings.